The maximum absolute atomic E-state index is 12.7. The summed E-state index contributed by atoms with van der Waals surface area (Å²) in [6, 6.07) is 0. The smallest absolute Gasteiger partial charge is 0.230 e. The Morgan fingerprint density at radius 2 is 2.00 bits per heavy atom. The molecule has 0 unspecified atom stereocenters. The van der Waals surface area contributed by atoms with Crippen molar-refractivity contribution in [2.45, 2.75) is 32.1 Å². The van der Waals surface area contributed by atoms with Crippen LogP contribution in [0.3, 0.4) is 0 Å². The Morgan fingerprint density at radius 1 is 1.37 bits per heavy atom. The summed E-state index contributed by atoms with van der Waals surface area (Å²) in [5, 5.41) is 3.33. The Bertz CT molecular complexity index is 284. The number of amides is 1. The molecule has 1 saturated heterocycles. The van der Waals surface area contributed by atoms with Gasteiger partial charge < -0.3 is 15.0 Å². The molecule has 112 valence electrons. The van der Waals surface area contributed by atoms with E-state index in [0.29, 0.717) is 6.61 Å². The van der Waals surface area contributed by atoms with Crippen LogP contribution in [-0.2, 0) is 9.53 Å². The quantitative estimate of drug-likeness (QED) is 0.809. The second-order valence-corrected chi connectivity index (χ2v) is 5.92. The Morgan fingerprint density at radius 3 is 2.53 bits per heavy atom. The zero-order chi connectivity index (χ0) is 13.0. The molecule has 1 heterocycles. The van der Waals surface area contributed by atoms with Gasteiger partial charge in [-0.15, -0.1) is 12.4 Å². The Balaban J connectivity index is 0.00000180. The van der Waals surface area contributed by atoms with Gasteiger partial charge in [0.2, 0.25) is 5.91 Å². The summed E-state index contributed by atoms with van der Waals surface area (Å²) < 4.78 is 5.32. The lowest BCUT2D eigenvalue weighted by Crippen LogP contribution is -2.50. The number of hydrogen-bond acceptors (Lipinski definition) is 3. The largest absolute Gasteiger partial charge is 0.384 e. The van der Waals surface area contributed by atoms with Crippen molar-refractivity contribution in [2.75, 3.05) is 40.4 Å². The number of rotatable bonds is 6. The number of methoxy groups -OCH3 is 1. The minimum atomic E-state index is -0.279. The van der Waals surface area contributed by atoms with Gasteiger partial charge in [-0.3, -0.25) is 4.79 Å². The van der Waals surface area contributed by atoms with E-state index in [-0.39, 0.29) is 23.7 Å². The molecule has 0 radical (unpaired) electrons. The first-order chi connectivity index (χ1) is 8.68. The van der Waals surface area contributed by atoms with Gasteiger partial charge in [-0.1, -0.05) is 12.8 Å². The Kier molecular flexibility index (Phi) is 6.57. The maximum Gasteiger partial charge on any atom is 0.230 e. The SMILES string of the molecule is COCC1(C(=O)N(C)CCC2CC2)CCNCC1.Cl. The third-order valence-corrected chi connectivity index (χ3v) is 4.35. The minimum absolute atomic E-state index is 0. The van der Waals surface area contributed by atoms with E-state index in [0.717, 1.165) is 38.4 Å². The molecule has 2 rings (SSSR count). The molecule has 1 saturated carbocycles. The summed E-state index contributed by atoms with van der Waals surface area (Å²) in [5.74, 6) is 1.16. The molecule has 0 aromatic heterocycles. The minimum Gasteiger partial charge on any atom is -0.384 e. The highest BCUT2D eigenvalue weighted by atomic mass is 35.5. The van der Waals surface area contributed by atoms with Gasteiger partial charge >= 0.3 is 0 Å². The zero-order valence-corrected chi connectivity index (χ0v) is 12.9. The molecule has 0 aromatic carbocycles. The van der Waals surface area contributed by atoms with Crippen molar-refractivity contribution in [1.29, 1.82) is 0 Å². The van der Waals surface area contributed by atoms with Crippen molar-refractivity contribution in [3.05, 3.63) is 0 Å². The number of nitrogens with one attached hydrogen (secondary N) is 1. The lowest BCUT2D eigenvalue weighted by Gasteiger charge is -2.38. The molecule has 1 aliphatic carbocycles. The van der Waals surface area contributed by atoms with Gasteiger partial charge in [0.25, 0.3) is 0 Å². The first-order valence-electron chi connectivity index (χ1n) is 7.13. The predicted octanol–water partition coefficient (Wildman–Crippen LogP) is 1.68. The van der Waals surface area contributed by atoms with E-state index in [9.17, 15) is 4.79 Å². The number of hydrogen-bond donors (Lipinski definition) is 1. The van der Waals surface area contributed by atoms with Crippen molar-refractivity contribution < 1.29 is 9.53 Å². The number of piperidine rings is 1. The fourth-order valence-corrected chi connectivity index (χ4v) is 2.89. The van der Waals surface area contributed by atoms with Crippen LogP contribution in [0.2, 0.25) is 0 Å². The van der Waals surface area contributed by atoms with Crippen LogP contribution in [0.15, 0.2) is 0 Å². The summed E-state index contributed by atoms with van der Waals surface area (Å²) in [6.45, 7) is 3.31. The number of ether oxygens (including phenoxy) is 1. The molecule has 0 bridgehead atoms. The zero-order valence-electron chi connectivity index (χ0n) is 12.1. The molecule has 0 spiro atoms. The summed E-state index contributed by atoms with van der Waals surface area (Å²) in [4.78, 5) is 14.6. The van der Waals surface area contributed by atoms with Crippen LogP contribution >= 0.6 is 12.4 Å². The fraction of sp³-hybridized carbons (Fsp3) is 0.929. The molecule has 1 aliphatic heterocycles. The molecule has 19 heavy (non-hydrogen) atoms. The van der Waals surface area contributed by atoms with Crippen LogP contribution in [0.1, 0.15) is 32.1 Å². The lowest BCUT2D eigenvalue weighted by atomic mass is 9.78. The molecule has 1 N–H and O–H groups in total. The molecule has 2 fully saturated rings. The van der Waals surface area contributed by atoms with Crippen LogP contribution in [-0.4, -0.2) is 51.2 Å². The van der Waals surface area contributed by atoms with E-state index in [1.54, 1.807) is 7.11 Å². The molecule has 1 amide bonds. The second kappa shape index (κ2) is 7.46. The van der Waals surface area contributed by atoms with E-state index < -0.39 is 0 Å². The van der Waals surface area contributed by atoms with Gasteiger partial charge in [0.05, 0.1) is 12.0 Å². The van der Waals surface area contributed by atoms with Crippen LogP contribution in [0.4, 0.5) is 0 Å². The van der Waals surface area contributed by atoms with E-state index >= 15 is 0 Å². The summed E-state index contributed by atoms with van der Waals surface area (Å²) in [5.41, 5.74) is -0.279. The topological polar surface area (TPSA) is 41.6 Å². The van der Waals surface area contributed by atoms with Crippen LogP contribution < -0.4 is 5.32 Å². The lowest BCUT2D eigenvalue weighted by molar-refractivity contribution is -0.146. The highest BCUT2D eigenvalue weighted by Gasteiger charge is 2.41. The normalized spacial score (nSPS) is 21.6. The molecule has 2 aliphatic rings. The van der Waals surface area contributed by atoms with Gasteiger partial charge in [-0.05, 0) is 38.3 Å². The highest BCUT2D eigenvalue weighted by Crippen LogP contribution is 2.34. The average Bonchev–Trinajstić information content (AvgIpc) is 3.20. The number of halogens is 1. The van der Waals surface area contributed by atoms with Gasteiger partial charge in [0.15, 0.2) is 0 Å². The van der Waals surface area contributed by atoms with Crippen molar-refractivity contribution in [1.82, 2.24) is 10.2 Å². The number of nitrogens with zero attached hydrogens (tertiary/aromatic N) is 1. The number of carbonyl (C=O) groups is 1. The third-order valence-electron chi connectivity index (χ3n) is 4.35. The Hall–Kier alpha value is -0.320. The van der Waals surface area contributed by atoms with Crippen LogP contribution in [0.5, 0.6) is 0 Å². The predicted molar refractivity (Wildman–Crippen MR) is 78.6 cm³/mol. The monoisotopic (exact) mass is 290 g/mol. The molecule has 0 aromatic rings. The summed E-state index contributed by atoms with van der Waals surface area (Å²) in [6.07, 6.45) is 5.68. The molecule has 0 atom stereocenters. The average molecular weight is 291 g/mol. The maximum atomic E-state index is 12.7. The molecular weight excluding hydrogens is 264 g/mol. The Labute approximate surface area is 122 Å². The van der Waals surface area contributed by atoms with Crippen molar-refractivity contribution in [2.24, 2.45) is 11.3 Å². The highest BCUT2D eigenvalue weighted by molar-refractivity contribution is 5.85. The first-order valence-corrected chi connectivity index (χ1v) is 7.13. The third kappa shape index (κ3) is 4.33. The number of carbonyl (C=O) groups excluding carboxylic acids is 1. The summed E-state index contributed by atoms with van der Waals surface area (Å²) >= 11 is 0. The molecular formula is C14H27ClN2O2. The van der Waals surface area contributed by atoms with E-state index in [2.05, 4.69) is 5.32 Å². The molecule has 5 heteroatoms. The molecule has 4 nitrogen and oxygen atoms in total. The van der Waals surface area contributed by atoms with Gasteiger partial charge in [0, 0.05) is 20.7 Å². The van der Waals surface area contributed by atoms with Crippen molar-refractivity contribution in [3.8, 4) is 0 Å². The van der Waals surface area contributed by atoms with Crippen molar-refractivity contribution >= 4 is 18.3 Å². The van der Waals surface area contributed by atoms with Gasteiger partial charge in [-0.25, -0.2) is 0 Å². The van der Waals surface area contributed by atoms with E-state index in [4.69, 9.17) is 4.74 Å². The van der Waals surface area contributed by atoms with Gasteiger partial charge in [0.1, 0.15) is 0 Å². The van der Waals surface area contributed by atoms with E-state index in [1.165, 1.54) is 19.3 Å². The van der Waals surface area contributed by atoms with Crippen molar-refractivity contribution in [3.63, 3.8) is 0 Å². The van der Waals surface area contributed by atoms with Crippen LogP contribution in [0.25, 0.3) is 0 Å². The fourth-order valence-electron chi connectivity index (χ4n) is 2.89. The van der Waals surface area contributed by atoms with Gasteiger partial charge in [-0.2, -0.15) is 0 Å². The first kappa shape index (κ1) is 16.7. The summed E-state index contributed by atoms with van der Waals surface area (Å²) in [7, 11) is 3.64. The second-order valence-electron chi connectivity index (χ2n) is 5.92. The van der Waals surface area contributed by atoms with E-state index in [1.807, 2.05) is 11.9 Å². The standard InChI is InChI=1S/C14H26N2O2.ClH/c1-16(10-5-12-3-4-12)13(17)14(11-18-2)6-8-15-9-7-14;/h12,15H,3-11H2,1-2H3;1H. The van der Waals surface area contributed by atoms with Crippen LogP contribution in [0, 0.1) is 11.3 Å².